The van der Waals surface area contributed by atoms with Gasteiger partial charge >= 0.3 is 0 Å². The summed E-state index contributed by atoms with van der Waals surface area (Å²) in [5.41, 5.74) is 3.95. The van der Waals surface area contributed by atoms with Crippen LogP contribution in [0, 0.1) is 6.92 Å². The number of ether oxygens (including phenoxy) is 1. The van der Waals surface area contributed by atoms with Gasteiger partial charge in [0.15, 0.2) is 0 Å². The molecule has 1 amide bonds. The van der Waals surface area contributed by atoms with E-state index in [0.717, 1.165) is 48.4 Å². The maximum absolute atomic E-state index is 12.6. The maximum atomic E-state index is 12.6. The number of carbonyl (C=O) groups is 1. The summed E-state index contributed by atoms with van der Waals surface area (Å²) < 4.78 is 5.53. The number of benzene rings is 1. The zero-order valence-corrected chi connectivity index (χ0v) is 15.6. The SMILES string of the molecule is COc1cnc([C@H]2CC[C@@]3(CCN(C)C3=O)N2)cc1-c1ccc(C)cc1. The first kappa shape index (κ1) is 17.0. The van der Waals surface area contributed by atoms with Gasteiger partial charge in [-0.15, -0.1) is 0 Å². The second-order valence-corrected chi connectivity index (χ2v) is 7.47. The molecule has 1 aromatic heterocycles. The number of hydrogen-bond acceptors (Lipinski definition) is 4. The predicted molar refractivity (Wildman–Crippen MR) is 101 cm³/mol. The van der Waals surface area contributed by atoms with Gasteiger partial charge in [-0.05, 0) is 37.8 Å². The van der Waals surface area contributed by atoms with Crippen molar-refractivity contribution in [1.82, 2.24) is 15.2 Å². The van der Waals surface area contributed by atoms with Crippen molar-refractivity contribution in [3.63, 3.8) is 0 Å². The highest BCUT2D eigenvalue weighted by Gasteiger charge is 2.50. The lowest BCUT2D eigenvalue weighted by molar-refractivity contribution is -0.131. The number of likely N-dealkylation sites (N-methyl/N-ethyl adjacent to an activating group) is 1. The van der Waals surface area contributed by atoms with Gasteiger partial charge in [0.2, 0.25) is 5.91 Å². The summed E-state index contributed by atoms with van der Waals surface area (Å²) in [4.78, 5) is 19.0. The Morgan fingerprint density at radius 3 is 2.69 bits per heavy atom. The molecule has 3 heterocycles. The first-order chi connectivity index (χ1) is 12.5. The molecular formula is C21H25N3O2. The van der Waals surface area contributed by atoms with E-state index in [1.54, 1.807) is 13.3 Å². The highest BCUT2D eigenvalue weighted by molar-refractivity contribution is 5.88. The first-order valence-electron chi connectivity index (χ1n) is 9.17. The number of methoxy groups -OCH3 is 1. The van der Waals surface area contributed by atoms with Crippen LogP contribution >= 0.6 is 0 Å². The molecule has 1 N–H and O–H groups in total. The monoisotopic (exact) mass is 351 g/mol. The van der Waals surface area contributed by atoms with E-state index in [2.05, 4.69) is 47.6 Å². The third-order valence-corrected chi connectivity index (χ3v) is 5.77. The fraction of sp³-hybridized carbons (Fsp3) is 0.429. The highest BCUT2D eigenvalue weighted by atomic mass is 16.5. The number of likely N-dealkylation sites (tertiary alicyclic amines) is 1. The van der Waals surface area contributed by atoms with Crippen LogP contribution in [-0.2, 0) is 4.79 Å². The van der Waals surface area contributed by atoms with Gasteiger partial charge in [-0.1, -0.05) is 29.8 Å². The van der Waals surface area contributed by atoms with E-state index < -0.39 is 5.54 Å². The Hall–Kier alpha value is -2.40. The highest BCUT2D eigenvalue weighted by Crippen LogP contribution is 2.40. The van der Waals surface area contributed by atoms with Crippen LogP contribution in [-0.4, -0.2) is 42.0 Å². The van der Waals surface area contributed by atoms with Crippen LogP contribution in [0.15, 0.2) is 36.5 Å². The van der Waals surface area contributed by atoms with Crippen molar-refractivity contribution >= 4 is 5.91 Å². The summed E-state index contributed by atoms with van der Waals surface area (Å²) in [5.74, 6) is 0.981. The number of rotatable bonds is 3. The number of pyridine rings is 1. The molecule has 5 heteroatoms. The molecular weight excluding hydrogens is 326 g/mol. The van der Waals surface area contributed by atoms with E-state index in [0.29, 0.717) is 0 Å². The van der Waals surface area contributed by atoms with Crippen molar-refractivity contribution in [2.75, 3.05) is 20.7 Å². The molecule has 2 aliphatic heterocycles. The van der Waals surface area contributed by atoms with Gasteiger partial charge in [-0.3, -0.25) is 15.1 Å². The summed E-state index contributed by atoms with van der Waals surface area (Å²) >= 11 is 0. The molecule has 0 unspecified atom stereocenters. The largest absolute Gasteiger partial charge is 0.494 e. The number of aryl methyl sites for hydroxylation is 1. The lowest BCUT2D eigenvalue weighted by atomic mass is 9.96. The lowest BCUT2D eigenvalue weighted by Crippen LogP contribution is -2.47. The molecule has 1 spiro atoms. The molecule has 2 fully saturated rings. The zero-order valence-electron chi connectivity index (χ0n) is 15.6. The van der Waals surface area contributed by atoms with Gasteiger partial charge in [-0.25, -0.2) is 0 Å². The Morgan fingerprint density at radius 1 is 1.27 bits per heavy atom. The number of amides is 1. The van der Waals surface area contributed by atoms with Crippen molar-refractivity contribution in [2.45, 2.75) is 37.8 Å². The van der Waals surface area contributed by atoms with E-state index in [1.165, 1.54) is 5.56 Å². The van der Waals surface area contributed by atoms with Crippen LogP contribution in [0.25, 0.3) is 11.1 Å². The smallest absolute Gasteiger partial charge is 0.242 e. The fourth-order valence-electron chi connectivity index (χ4n) is 4.16. The van der Waals surface area contributed by atoms with E-state index in [-0.39, 0.29) is 11.9 Å². The maximum Gasteiger partial charge on any atom is 0.242 e. The normalized spacial score (nSPS) is 25.3. The Balaban J connectivity index is 1.65. The third-order valence-electron chi connectivity index (χ3n) is 5.77. The molecule has 2 saturated heterocycles. The molecule has 0 saturated carbocycles. The molecule has 26 heavy (non-hydrogen) atoms. The molecule has 2 aliphatic rings. The second-order valence-electron chi connectivity index (χ2n) is 7.47. The van der Waals surface area contributed by atoms with Crippen LogP contribution in [0.3, 0.4) is 0 Å². The van der Waals surface area contributed by atoms with E-state index in [9.17, 15) is 4.79 Å². The molecule has 0 aliphatic carbocycles. The van der Waals surface area contributed by atoms with E-state index in [4.69, 9.17) is 4.74 Å². The van der Waals surface area contributed by atoms with Crippen LogP contribution < -0.4 is 10.1 Å². The zero-order chi connectivity index (χ0) is 18.3. The molecule has 5 nitrogen and oxygen atoms in total. The summed E-state index contributed by atoms with van der Waals surface area (Å²) in [7, 11) is 3.55. The molecule has 2 aromatic rings. The topological polar surface area (TPSA) is 54.5 Å². The van der Waals surface area contributed by atoms with Crippen LogP contribution in [0.4, 0.5) is 0 Å². The van der Waals surface area contributed by atoms with Crippen LogP contribution in [0.5, 0.6) is 5.75 Å². The number of aromatic nitrogens is 1. The predicted octanol–water partition coefficient (Wildman–Crippen LogP) is 3.09. The number of nitrogens with one attached hydrogen (secondary N) is 1. The Bertz CT molecular complexity index is 834. The average Bonchev–Trinajstić information content (AvgIpc) is 3.22. The molecule has 0 radical (unpaired) electrons. The molecule has 4 rings (SSSR count). The van der Waals surface area contributed by atoms with E-state index >= 15 is 0 Å². The Labute approximate surface area is 154 Å². The molecule has 1 aromatic carbocycles. The van der Waals surface area contributed by atoms with Gasteiger partial charge in [0.05, 0.1) is 25.0 Å². The minimum Gasteiger partial charge on any atom is -0.494 e. The van der Waals surface area contributed by atoms with Crippen LogP contribution in [0.1, 0.15) is 36.6 Å². The number of hydrogen-bond donors (Lipinski definition) is 1. The first-order valence-corrected chi connectivity index (χ1v) is 9.17. The van der Waals surface area contributed by atoms with Crippen molar-refractivity contribution in [2.24, 2.45) is 0 Å². The van der Waals surface area contributed by atoms with Gasteiger partial charge in [0.25, 0.3) is 0 Å². The van der Waals surface area contributed by atoms with Gasteiger partial charge in [-0.2, -0.15) is 0 Å². The third kappa shape index (κ3) is 2.76. The Kier molecular flexibility index (Phi) is 4.19. The fourth-order valence-corrected chi connectivity index (χ4v) is 4.16. The Morgan fingerprint density at radius 2 is 2.04 bits per heavy atom. The summed E-state index contributed by atoms with van der Waals surface area (Å²) in [6, 6.07) is 10.6. The minimum atomic E-state index is -0.398. The van der Waals surface area contributed by atoms with E-state index in [1.807, 2.05) is 11.9 Å². The lowest BCUT2D eigenvalue weighted by Gasteiger charge is -2.23. The molecule has 2 atom stereocenters. The van der Waals surface area contributed by atoms with Gasteiger partial charge in [0, 0.05) is 19.2 Å². The minimum absolute atomic E-state index is 0.0977. The standard InChI is InChI=1S/C21H25N3O2/c1-14-4-6-15(7-5-14)16-12-18(22-13-19(16)26-3)17-8-9-21(23-17)10-11-24(2)20(21)25/h4-7,12-13,17,23H,8-11H2,1-3H3/t17-,21+/m1/s1. The van der Waals surface area contributed by atoms with Gasteiger partial charge in [0.1, 0.15) is 11.3 Å². The number of carbonyl (C=O) groups excluding carboxylic acids is 1. The quantitative estimate of drug-likeness (QED) is 0.923. The molecule has 136 valence electrons. The second kappa shape index (κ2) is 6.40. The van der Waals surface area contributed by atoms with Crippen LogP contribution in [0.2, 0.25) is 0 Å². The summed E-state index contributed by atoms with van der Waals surface area (Å²) in [6.07, 6.45) is 4.46. The average molecular weight is 351 g/mol. The van der Waals surface area contributed by atoms with Crippen molar-refractivity contribution < 1.29 is 9.53 Å². The summed E-state index contributed by atoms with van der Waals surface area (Å²) in [6.45, 7) is 2.90. The van der Waals surface area contributed by atoms with Gasteiger partial charge < -0.3 is 9.64 Å². The van der Waals surface area contributed by atoms with Crippen molar-refractivity contribution in [3.05, 3.63) is 47.8 Å². The molecule has 0 bridgehead atoms. The summed E-state index contributed by atoms with van der Waals surface area (Å²) in [5, 5.41) is 3.59. The van der Waals surface area contributed by atoms with Crippen molar-refractivity contribution in [3.8, 4) is 16.9 Å². The number of nitrogens with zero attached hydrogens (tertiary/aromatic N) is 2. The van der Waals surface area contributed by atoms with Crippen molar-refractivity contribution in [1.29, 1.82) is 0 Å².